The summed E-state index contributed by atoms with van der Waals surface area (Å²) in [5.74, 6) is -0.582. The van der Waals surface area contributed by atoms with Crippen molar-refractivity contribution in [2.75, 3.05) is 6.16 Å². The van der Waals surface area contributed by atoms with Gasteiger partial charge in [0.15, 0.2) is 0 Å². The van der Waals surface area contributed by atoms with Crippen LogP contribution in [0.3, 0.4) is 0 Å². The minimum absolute atomic E-state index is 0.140. The van der Waals surface area contributed by atoms with Crippen LogP contribution in [0.2, 0.25) is 0 Å². The summed E-state index contributed by atoms with van der Waals surface area (Å²) in [7, 11) is -1.76. The van der Waals surface area contributed by atoms with Crippen molar-refractivity contribution in [1.29, 1.82) is 0 Å². The average molecular weight is 286 g/mol. The Morgan fingerprint density at radius 3 is 2.00 bits per heavy atom. The first kappa shape index (κ1) is 14.0. The van der Waals surface area contributed by atoms with E-state index in [0.29, 0.717) is 5.30 Å². The molecule has 0 saturated heterocycles. The third kappa shape index (κ3) is 3.77. The van der Waals surface area contributed by atoms with Crippen molar-refractivity contribution in [3.63, 3.8) is 0 Å². The van der Waals surface area contributed by atoms with E-state index in [1.54, 1.807) is 36.4 Å². The minimum Gasteiger partial charge on any atom is -0.206 e. The lowest BCUT2D eigenvalue weighted by Gasteiger charge is -2.20. The lowest BCUT2D eigenvalue weighted by atomic mass is 10.3. The number of benzene rings is 2. The molecule has 0 bridgehead atoms. The van der Waals surface area contributed by atoms with Gasteiger partial charge >= 0.3 is 6.18 Å². The van der Waals surface area contributed by atoms with Crippen molar-refractivity contribution in [3.8, 4) is 0 Å². The second-order valence-electron chi connectivity index (χ2n) is 3.99. The third-order valence-corrected chi connectivity index (χ3v) is 5.09. The summed E-state index contributed by atoms with van der Waals surface area (Å²) in [4.78, 5) is 0. The van der Waals surface area contributed by atoms with E-state index in [-0.39, 0.29) is 5.30 Å². The summed E-state index contributed by atoms with van der Waals surface area (Å²) in [5, 5.41) is 0.668. The van der Waals surface area contributed by atoms with Gasteiger partial charge < -0.3 is 0 Å². The second kappa shape index (κ2) is 5.70. The monoisotopic (exact) mass is 286 g/mol. The summed E-state index contributed by atoms with van der Waals surface area (Å²) in [5.41, 5.74) is 0. The number of hydrogen-bond acceptors (Lipinski definition) is 0. The highest BCUT2D eigenvalue weighted by Crippen LogP contribution is 2.40. The minimum atomic E-state index is -4.32. The lowest BCUT2D eigenvalue weighted by Crippen LogP contribution is -2.24. The van der Waals surface area contributed by atoms with Gasteiger partial charge in [0, 0.05) is 5.30 Å². The fourth-order valence-corrected chi connectivity index (χ4v) is 3.89. The van der Waals surface area contributed by atoms with E-state index in [9.17, 15) is 17.6 Å². The van der Waals surface area contributed by atoms with Gasteiger partial charge in [0.1, 0.15) is 5.82 Å². The second-order valence-corrected chi connectivity index (χ2v) is 6.16. The van der Waals surface area contributed by atoms with Gasteiger partial charge in [0.2, 0.25) is 0 Å². The first-order chi connectivity index (χ1) is 8.97. The lowest BCUT2D eigenvalue weighted by molar-refractivity contribution is -0.105. The molecule has 5 heteroatoms. The molecule has 0 spiro atoms. The molecule has 0 aliphatic carbocycles. The van der Waals surface area contributed by atoms with Gasteiger partial charge in [-0.15, -0.1) is 0 Å². The number of rotatable bonds is 3. The van der Waals surface area contributed by atoms with Crippen LogP contribution in [-0.4, -0.2) is 12.3 Å². The fraction of sp³-hybridized carbons (Fsp3) is 0.143. The Morgan fingerprint density at radius 2 is 1.42 bits per heavy atom. The van der Waals surface area contributed by atoms with Gasteiger partial charge in [0.05, 0.1) is 6.16 Å². The predicted molar refractivity (Wildman–Crippen MR) is 70.0 cm³/mol. The zero-order valence-electron chi connectivity index (χ0n) is 9.86. The average Bonchev–Trinajstić information content (AvgIpc) is 2.37. The van der Waals surface area contributed by atoms with Crippen LogP contribution in [-0.2, 0) is 0 Å². The van der Waals surface area contributed by atoms with Crippen molar-refractivity contribution in [3.05, 3.63) is 60.4 Å². The summed E-state index contributed by atoms with van der Waals surface area (Å²) in [6.07, 6.45) is -5.32. The van der Waals surface area contributed by atoms with Crippen LogP contribution < -0.4 is 10.6 Å². The van der Waals surface area contributed by atoms with Crippen molar-refractivity contribution in [1.82, 2.24) is 0 Å². The molecule has 0 saturated carbocycles. The SMILES string of the molecule is Fc1ccccc1P(CC(F)(F)F)c1ccccc1. The van der Waals surface area contributed by atoms with Gasteiger partial charge in [-0.3, -0.25) is 0 Å². The quantitative estimate of drug-likeness (QED) is 0.594. The molecule has 1 unspecified atom stereocenters. The van der Waals surface area contributed by atoms with E-state index in [2.05, 4.69) is 0 Å². The standard InChI is InChI=1S/C14H11F4P/c15-12-8-4-5-9-13(12)19(10-14(16,17)18)11-6-2-1-3-7-11/h1-9H,10H2. The summed E-state index contributed by atoms with van der Waals surface area (Å²) < 4.78 is 51.9. The molecule has 19 heavy (non-hydrogen) atoms. The van der Waals surface area contributed by atoms with Crippen LogP contribution in [0.4, 0.5) is 17.6 Å². The zero-order valence-corrected chi connectivity index (χ0v) is 10.8. The number of alkyl halides is 3. The highest BCUT2D eigenvalue weighted by molar-refractivity contribution is 7.73. The Morgan fingerprint density at radius 1 is 0.842 bits per heavy atom. The molecule has 2 rings (SSSR count). The molecule has 0 aromatic heterocycles. The molecular weight excluding hydrogens is 275 g/mol. The molecule has 0 fully saturated rings. The molecule has 0 aliphatic rings. The molecular formula is C14H11F4P. The fourth-order valence-electron chi connectivity index (χ4n) is 1.77. The Bertz CT molecular complexity index is 537. The van der Waals surface area contributed by atoms with E-state index in [4.69, 9.17) is 0 Å². The number of hydrogen-bond donors (Lipinski definition) is 0. The molecule has 1 atom stereocenters. The normalized spacial score (nSPS) is 13.3. The van der Waals surface area contributed by atoms with Gasteiger partial charge in [0.25, 0.3) is 0 Å². The predicted octanol–water partition coefficient (Wildman–Crippen LogP) is 3.82. The first-order valence-corrected chi connectivity index (χ1v) is 7.14. The Labute approximate surface area is 109 Å². The zero-order chi connectivity index (χ0) is 13.9. The number of halogens is 4. The summed E-state index contributed by atoms with van der Waals surface area (Å²) in [6.45, 7) is 0. The first-order valence-electron chi connectivity index (χ1n) is 5.61. The summed E-state index contributed by atoms with van der Waals surface area (Å²) >= 11 is 0. The van der Waals surface area contributed by atoms with Gasteiger partial charge in [-0.2, -0.15) is 13.2 Å². The molecule has 0 N–H and O–H groups in total. The maximum absolute atomic E-state index is 13.7. The molecule has 0 aliphatic heterocycles. The third-order valence-electron chi connectivity index (χ3n) is 2.55. The molecule has 0 heterocycles. The van der Waals surface area contributed by atoms with Crippen LogP contribution in [0.1, 0.15) is 0 Å². The van der Waals surface area contributed by atoms with E-state index >= 15 is 0 Å². The van der Waals surface area contributed by atoms with Crippen LogP contribution in [0, 0.1) is 5.82 Å². The van der Waals surface area contributed by atoms with Gasteiger partial charge in [-0.25, -0.2) is 4.39 Å². The highest BCUT2D eigenvalue weighted by Gasteiger charge is 2.34. The molecule has 0 nitrogen and oxygen atoms in total. The highest BCUT2D eigenvalue weighted by atomic mass is 31.1. The molecule has 2 aromatic carbocycles. The largest absolute Gasteiger partial charge is 0.393 e. The summed E-state index contributed by atoms with van der Waals surface area (Å²) in [6, 6.07) is 14.0. The van der Waals surface area contributed by atoms with Crippen molar-refractivity contribution in [2.24, 2.45) is 0 Å². The maximum atomic E-state index is 13.7. The van der Waals surface area contributed by atoms with Crippen LogP contribution in [0.25, 0.3) is 0 Å². The van der Waals surface area contributed by atoms with Crippen molar-refractivity contribution < 1.29 is 17.6 Å². The molecule has 2 aromatic rings. The van der Waals surface area contributed by atoms with Crippen molar-refractivity contribution in [2.45, 2.75) is 6.18 Å². The maximum Gasteiger partial charge on any atom is 0.393 e. The molecule has 100 valence electrons. The Kier molecular flexibility index (Phi) is 4.20. The van der Waals surface area contributed by atoms with Crippen molar-refractivity contribution >= 4 is 18.5 Å². The van der Waals surface area contributed by atoms with E-state index in [1.807, 2.05) is 0 Å². The van der Waals surface area contributed by atoms with E-state index in [0.717, 1.165) is 0 Å². The van der Waals surface area contributed by atoms with Gasteiger partial charge in [-0.1, -0.05) is 48.5 Å². The van der Waals surface area contributed by atoms with E-state index < -0.39 is 26.1 Å². The topological polar surface area (TPSA) is 0 Å². The molecule has 0 amide bonds. The van der Waals surface area contributed by atoms with Gasteiger partial charge in [-0.05, 0) is 19.3 Å². The smallest absolute Gasteiger partial charge is 0.206 e. The van der Waals surface area contributed by atoms with Crippen LogP contribution in [0.5, 0.6) is 0 Å². The van der Waals surface area contributed by atoms with Crippen LogP contribution >= 0.6 is 7.92 Å². The van der Waals surface area contributed by atoms with Crippen LogP contribution in [0.15, 0.2) is 54.6 Å². The van der Waals surface area contributed by atoms with E-state index in [1.165, 1.54) is 18.2 Å². The Balaban J connectivity index is 2.44. The molecule has 0 radical (unpaired) electrons. The Hall–Kier alpha value is -1.41.